The summed E-state index contributed by atoms with van der Waals surface area (Å²) in [7, 11) is 0. The molecule has 0 heterocycles. The van der Waals surface area contributed by atoms with Crippen molar-refractivity contribution in [3.05, 3.63) is 35.9 Å². The van der Waals surface area contributed by atoms with Crippen LogP contribution in [0.5, 0.6) is 0 Å². The molecule has 0 aliphatic heterocycles. The van der Waals surface area contributed by atoms with E-state index in [-0.39, 0.29) is 0 Å². The highest BCUT2D eigenvalue weighted by molar-refractivity contribution is 5.20. The van der Waals surface area contributed by atoms with Gasteiger partial charge in [0.05, 0.1) is 0 Å². The van der Waals surface area contributed by atoms with Crippen LogP contribution >= 0.6 is 0 Å². The minimum absolute atomic E-state index is 0.490. The van der Waals surface area contributed by atoms with Gasteiger partial charge in [-0.1, -0.05) is 51.1 Å². The fourth-order valence-corrected chi connectivity index (χ4v) is 2.80. The predicted octanol–water partition coefficient (Wildman–Crippen LogP) is 4.62. The molecule has 1 aliphatic rings. The highest BCUT2D eigenvalue weighted by Gasteiger charge is 2.33. The van der Waals surface area contributed by atoms with Crippen molar-refractivity contribution in [2.45, 2.75) is 46.0 Å². The first kappa shape index (κ1) is 10.7. The Morgan fingerprint density at radius 2 is 1.67 bits per heavy atom. The van der Waals surface area contributed by atoms with E-state index in [2.05, 4.69) is 51.1 Å². The number of hydrogen-bond acceptors (Lipinski definition) is 0. The highest BCUT2D eigenvalue weighted by atomic mass is 14.4. The van der Waals surface area contributed by atoms with Crippen molar-refractivity contribution in [2.24, 2.45) is 11.3 Å². The van der Waals surface area contributed by atoms with Crippen LogP contribution in [0.3, 0.4) is 0 Å². The summed E-state index contributed by atoms with van der Waals surface area (Å²) in [5.74, 6) is 1.72. The van der Waals surface area contributed by atoms with Crippen LogP contribution in [-0.2, 0) is 0 Å². The Kier molecular flexibility index (Phi) is 2.86. The minimum Gasteiger partial charge on any atom is -0.0622 e. The van der Waals surface area contributed by atoms with E-state index in [0.717, 1.165) is 11.8 Å². The van der Waals surface area contributed by atoms with Crippen LogP contribution in [0.4, 0.5) is 0 Å². The molecule has 15 heavy (non-hydrogen) atoms. The molecular weight excluding hydrogens is 180 g/mol. The van der Waals surface area contributed by atoms with Crippen molar-refractivity contribution in [3.8, 4) is 0 Å². The SMILES string of the molecule is CC(C)(C)C1CCC(c2ccccc2)C1. The van der Waals surface area contributed by atoms with E-state index in [1.807, 2.05) is 0 Å². The van der Waals surface area contributed by atoms with Gasteiger partial charge < -0.3 is 0 Å². The normalized spacial score (nSPS) is 26.9. The Labute approximate surface area is 93.7 Å². The molecule has 0 aromatic heterocycles. The van der Waals surface area contributed by atoms with Gasteiger partial charge >= 0.3 is 0 Å². The zero-order valence-electron chi connectivity index (χ0n) is 10.2. The van der Waals surface area contributed by atoms with Gasteiger partial charge in [0.15, 0.2) is 0 Å². The zero-order valence-corrected chi connectivity index (χ0v) is 10.2. The number of rotatable bonds is 1. The predicted molar refractivity (Wildman–Crippen MR) is 66.0 cm³/mol. The van der Waals surface area contributed by atoms with E-state index in [9.17, 15) is 0 Å². The van der Waals surface area contributed by atoms with Crippen LogP contribution < -0.4 is 0 Å². The first-order chi connectivity index (χ1) is 7.07. The second-order valence-electron chi connectivity index (χ2n) is 5.98. The van der Waals surface area contributed by atoms with Gasteiger partial charge in [0, 0.05) is 0 Å². The molecule has 0 heteroatoms. The minimum atomic E-state index is 0.490. The van der Waals surface area contributed by atoms with Crippen molar-refractivity contribution in [3.63, 3.8) is 0 Å². The maximum Gasteiger partial charge on any atom is -0.0159 e. The summed E-state index contributed by atoms with van der Waals surface area (Å²) in [6, 6.07) is 11.0. The topological polar surface area (TPSA) is 0 Å². The van der Waals surface area contributed by atoms with Gasteiger partial charge in [0.1, 0.15) is 0 Å². The van der Waals surface area contributed by atoms with Crippen LogP contribution in [0.2, 0.25) is 0 Å². The number of hydrogen-bond donors (Lipinski definition) is 0. The van der Waals surface area contributed by atoms with Gasteiger partial charge in [-0.2, -0.15) is 0 Å². The van der Waals surface area contributed by atoms with Gasteiger partial charge in [-0.25, -0.2) is 0 Å². The van der Waals surface area contributed by atoms with E-state index in [1.165, 1.54) is 19.3 Å². The lowest BCUT2D eigenvalue weighted by Gasteiger charge is -2.27. The van der Waals surface area contributed by atoms with Crippen LogP contribution in [0.15, 0.2) is 30.3 Å². The van der Waals surface area contributed by atoms with Gasteiger partial charge in [-0.15, -0.1) is 0 Å². The molecule has 2 atom stereocenters. The van der Waals surface area contributed by atoms with Crippen LogP contribution in [0.1, 0.15) is 51.5 Å². The molecule has 1 aromatic rings. The van der Waals surface area contributed by atoms with E-state index in [0.29, 0.717) is 5.41 Å². The van der Waals surface area contributed by atoms with Crippen molar-refractivity contribution >= 4 is 0 Å². The quantitative estimate of drug-likeness (QED) is 0.623. The summed E-state index contributed by atoms with van der Waals surface area (Å²) >= 11 is 0. The average molecular weight is 202 g/mol. The molecule has 1 aromatic carbocycles. The molecule has 0 bridgehead atoms. The molecule has 1 fully saturated rings. The van der Waals surface area contributed by atoms with E-state index < -0.39 is 0 Å². The summed E-state index contributed by atoms with van der Waals surface area (Å²) in [5.41, 5.74) is 2.04. The van der Waals surface area contributed by atoms with Crippen molar-refractivity contribution in [2.75, 3.05) is 0 Å². The molecule has 0 spiro atoms. The Hall–Kier alpha value is -0.780. The molecule has 1 aliphatic carbocycles. The third kappa shape index (κ3) is 2.42. The standard InChI is InChI=1S/C15H22/c1-15(2,3)14-10-9-13(11-14)12-7-5-4-6-8-12/h4-8,13-14H,9-11H2,1-3H3. The Morgan fingerprint density at radius 3 is 2.20 bits per heavy atom. The summed E-state index contributed by atoms with van der Waals surface area (Å²) in [5, 5.41) is 0. The molecule has 1 saturated carbocycles. The Balaban J connectivity index is 2.05. The molecule has 2 rings (SSSR count). The molecule has 0 saturated heterocycles. The summed E-state index contributed by atoms with van der Waals surface area (Å²) in [6.45, 7) is 7.14. The smallest absolute Gasteiger partial charge is 0.0159 e. The van der Waals surface area contributed by atoms with E-state index in [4.69, 9.17) is 0 Å². The second kappa shape index (κ2) is 4.00. The molecule has 0 nitrogen and oxygen atoms in total. The molecule has 0 amide bonds. The maximum absolute atomic E-state index is 2.38. The van der Waals surface area contributed by atoms with Gasteiger partial charge in [-0.05, 0) is 42.1 Å². The van der Waals surface area contributed by atoms with Crippen LogP contribution in [0, 0.1) is 11.3 Å². The second-order valence-corrected chi connectivity index (χ2v) is 5.98. The third-order valence-electron chi connectivity index (χ3n) is 3.93. The van der Waals surface area contributed by atoms with Crippen LogP contribution in [-0.4, -0.2) is 0 Å². The molecular formula is C15H22. The van der Waals surface area contributed by atoms with Crippen molar-refractivity contribution < 1.29 is 0 Å². The highest BCUT2D eigenvalue weighted by Crippen LogP contribution is 2.45. The zero-order chi connectivity index (χ0) is 10.9. The lowest BCUT2D eigenvalue weighted by atomic mass is 9.79. The maximum atomic E-state index is 2.38. The molecule has 2 unspecified atom stereocenters. The summed E-state index contributed by atoms with van der Waals surface area (Å²) in [4.78, 5) is 0. The van der Waals surface area contributed by atoms with Crippen LogP contribution in [0.25, 0.3) is 0 Å². The molecule has 0 N–H and O–H groups in total. The lowest BCUT2D eigenvalue weighted by molar-refractivity contribution is 0.244. The summed E-state index contributed by atoms with van der Waals surface area (Å²) in [6.07, 6.45) is 4.17. The van der Waals surface area contributed by atoms with Gasteiger partial charge in [0.25, 0.3) is 0 Å². The average Bonchev–Trinajstić information content (AvgIpc) is 2.67. The van der Waals surface area contributed by atoms with Crippen molar-refractivity contribution in [1.82, 2.24) is 0 Å². The largest absolute Gasteiger partial charge is 0.0622 e. The molecule has 0 radical (unpaired) electrons. The number of benzene rings is 1. The monoisotopic (exact) mass is 202 g/mol. The van der Waals surface area contributed by atoms with E-state index >= 15 is 0 Å². The van der Waals surface area contributed by atoms with Gasteiger partial charge in [0.2, 0.25) is 0 Å². The lowest BCUT2D eigenvalue weighted by Crippen LogP contribution is -2.17. The first-order valence-corrected chi connectivity index (χ1v) is 6.12. The summed E-state index contributed by atoms with van der Waals surface area (Å²) < 4.78 is 0. The Bertz CT molecular complexity index is 305. The van der Waals surface area contributed by atoms with E-state index in [1.54, 1.807) is 5.56 Å². The fraction of sp³-hybridized carbons (Fsp3) is 0.600. The Morgan fingerprint density at radius 1 is 1.00 bits per heavy atom. The fourth-order valence-electron chi connectivity index (χ4n) is 2.80. The van der Waals surface area contributed by atoms with Gasteiger partial charge in [-0.3, -0.25) is 0 Å². The van der Waals surface area contributed by atoms with Crippen molar-refractivity contribution in [1.29, 1.82) is 0 Å². The third-order valence-corrected chi connectivity index (χ3v) is 3.93. The first-order valence-electron chi connectivity index (χ1n) is 6.12. The molecule has 82 valence electrons.